The summed E-state index contributed by atoms with van der Waals surface area (Å²) in [5, 5.41) is 10.0. The molecule has 4 rings (SSSR count). The second kappa shape index (κ2) is 6.84. The highest BCUT2D eigenvalue weighted by Gasteiger charge is 2.51. The number of carbonyl (C=O) groups is 1. The normalized spacial score (nSPS) is 16.3. The molecule has 3 aromatic rings. The van der Waals surface area contributed by atoms with Crippen LogP contribution in [0.1, 0.15) is 24.4 Å². The molecule has 2 aromatic carbocycles. The zero-order valence-corrected chi connectivity index (χ0v) is 15.9. The molecule has 0 saturated carbocycles. The molecule has 0 unspecified atom stereocenters. The first-order valence-electron chi connectivity index (χ1n) is 8.95. The van der Waals surface area contributed by atoms with Gasteiger partial charge in [-0.25, -0.2) is 9.37 Å². The van der Waals surface area contributed by atoms with Crippen molar-refractivity contribution in [2.75, 3.05) is 4.90 Å². The summed E-state index contributed by atoms with van der Waals surface area (Å²) in [7, 11) is 1.38. The van der Waals surface area contributed by atoms with Gasteiger partial charge in [0.05, 0.1) is 29.2 Å². The molecule has 1 amide bonds. The van der Waals surface area contributed by atoms with Gasteiger partial charge in [-0.15, -0.1) is 0 Å². The van der Waals surface area contributed by atoms with E-state index in [-0.39, 0.29) is 33.7 Å². The first-order valence-corrected chi connectivity index (χ1v) is 8.95. The van der Waals surface area contributed by atoms with Crippen molar-refractivity contribution in [1.82, 2.24) is 9.55 Å². The third-order valence-electron chi connectivity index (χ3n) is 4.92. The lowest BCUT2D eigenvalue weighted by atomic mass is 10.1. The lowest BCUT2D eigenvalue weighted by Crippen LogP contribution is -2.51. The van der Waals surface area contributed by atoms with Crippen LogP contribution in [0.5, 0.6) is 5.75 Å². The molecule has 1 atom stereocenters. The maximum atomic E-state index is 14.3. The number of hydrogen-bond acceptors (Lipinski definition) is 5. The van der Waals surface area contributed by atoms with E-state index in [0.29, 0.717) is 0 Å². The van der Waals surface area contributed by atoms with Gasteiger partial charge in [0.2, 0.25) is 0 Å². The van der Waals surface area contributed by atoms with E-state index in [0.717, 1.165) is 21.6 Å². The number of halogens is 3. The zero-order valence-electron chi connectivity index (χ0n) is 15.9. The monoisotopic (exact) mass is 419 g/mol. The van der Waals surface area contributed by atoms with Crippen molar-refractivity contribution in [3.8, 4) is 5.75 Å². The molecule has 156 valence electrons. The Bertz CT molecular complexity index is 1240. The van der Waals surface area contributed by atoms with Crippen LogP contribution in [0.25, 0.3) is 10.9 Å². The fraction of sp³-hybridized carbons (Fsp3) is 0.250. The summed E-state index contributed by atoms with van der Waals surface area (Å²) in [5.74, 6) is -2.63. The Morgan fingerprint density at radius 1 is 1.23 bits per heavy atom. The SMILES string of the molecule is C[C@H](O)c1cccc2c1OC(F)(F)C(=O)N2Cc1nc2cc(F)ccc2c(=O)n1C. The van der Waals surface area contributed by atoms with Crippen LogP contribution in [0.4, 0.5) is 18.9 Å². The Kier molecular flexibility index (Phi) is 4.53. The Morgan fingerprint density at radius 3 is 2.67 bits per heavy atom. The minimum absolute atomic E-state index is 0.00193. The number of aliphatic hydroxyl groups excluding tert-OH is 1. The van der Waals surface area contributed by atoms with Crippen molar-refractivity contribution in [1.29, 1.82) is 0 Å². The van der Waals surface area contributed by atoms with Gasteiger partial charge in [0.25, 0.3) is 5.56 Å². The third kappa shape index (κ3) is 3.09. The number of aromatic nitrogens is 2. The largest absolute Gasteiger partial charge is 0.483 e. The quantitative estimate of drug-likeness (QED) is 0.706. The smallest absolute Gasteiger partial charge is 0.423 e. The number of benzene rings is 2. The van der Waals surface area contributed by atoms with E-state index < -0.39 is 36.0 Å². The molecule has 1 aromatic heterocycles. The summed E-state index contributed by atoms with van der Waals surface area (Å²) in [6, 6.07) is 7.71. The first kappa shape index (κ1) is 19.9. The van der Waals surface area contributed by atoms with E-state index in [1.54, 1.807) is 0 Å². The number of anilines is 1. The molecule has 0 saturated heterocycles. The summed E-state index contributed by atoms with van der Waals surface area (Å²) in [6.07, 6.45) is -5.31. The number of amides is 1. The van der Waals surface area contributed by atoms with Crippen molar-refractivity contribution in [2.24, 2.45) is 7.05 Å². The van der Waals surface area contributed by atoms with Gasteiger partial charge in [0.1, 0.15) is 11.6 Å². The first-order chi connectivity index (χ1) is 14.1. The van der Waals surface area contributed by atoms with E-state index >= 15 is 0 Å². The van der Waals surface area contributed by atoms with Crippen molar-refractivity contribution in [2.45, 2.75) is 25.7 Å². The topological polar surface area (TPSA) is 84.7 Å². The molecule has 0 spiro atoms. The second-order valence-electron chi connectivity index (χ2n) is 6.94. The summed E-state index contributed by atoms with van der Waals surface area (Å²) in [5.41, 5.74) is -0.399. The van der Waals surface area contributed by atoms with Gasteiger partial charge >= 0.3 is 12.0 Å². The summed E-state index contributed by atoms with van der Waals surface area (Å²) in [6.45, 7) is 0.882. The number of fused-ring (bicyclic) bond motifs is 2. The van der Waals surface area contributed by atoms with Gasteiger partial charge in [-0.3, -0.25) is 19.1 Å². The highest BCUT2D eigenvalue weighted by molar-refractivity contribution is 6.01. The summed E-state index contributed by atoms with van der Waals surface area (Å²) in [4.78, 5) is 29.9. The van der Waals surface area contributed by atoms with Crippen molar-refractivity contribution < 1.29 is 27.8 Å². The van der Waals surface area contributed by atoms with Crippen molar-refractivity contribution >= 4 is 22.5 Å². The van der Waals surface area contributed by atoms with Gasteiger partial charge in [-0.2, -0.15) is 8.78 Å². The van der Waals surface area contributed by atoms with Crippen LogP contribution in [0.2, 0.25) is 0 Å². The minimum atomic E-state index is -4.18. The maximum Gasteiger partial charge on any atom is 0.483 e. The van der Waals surface area contributed by atoms with E-state index in [9.17, 15) is 27.9 Å². The molecule has 0 bridgehead atoms. The van der Waals surface area contributed by atoms with E-state index in [4.69, 9.17) is 0 Å². The highest BCUT2D eigenvalue weighted by Crippen LogP contribution is 2.44. The Hall–Kier alpha value is -3.40. The van der Waals surface area contributed by atoms with Gasteiger partial charge < -0.3 is 9.84 Å². The van der Waals surface area contributed by atoms with E-state index in [2.05, 4.69) is 9.72 Å². The second-order valence-corrected chi connectivity index (χ2v) is 6.94. The number of alkyl halides is 2. The molecule has 30 heavy (non-hydrogen) atoms. The molecular weight excluding hydrogens is 403 g/mol. The maximum absolute atomic E-state index is 14.3. The number of ether oxygens (including phenoxy) is 1. The van der Waals surface area contributed by atoms with Gasteiger partial charge in [-0.1, -0.05) is 12.1 Å². The molecule has 1 aliphatic heterocycles. The Morgan fingerprint density at radius 2 is 1.97 bits per heavy atom. The van der Waals surface area contributed by atoms with Crippen molar-refractivity contribution in [3.05, 3.63) is 64.0 Å². The zero-order chi connectivity index (χ0) is 21.8. The fourth-order valence-corrected chi connectivity index (χ4v) is 3.36. The predicted molar refractivity (Wildman–Crippen MR) is 101 cm³/mol. The number of rotatable bonds is 3. The number of para-hydroxylation sites is 1. The van der Waals surface area contributed by atoms with E-state index in [1.165, 1.54) is 38.2 Å². The van der Waals surface area contributed by atoms with Crippen LogP contribution < -0.4 is 15.2 Å². The lowest BCUT2D eigenvalue weighted by molar-refractivity contribution is -0.193. The summed E-state index contributed by atoms with van der Waals surface area (Å²) >= 11 is 0. The Labute approximate surface area is 167 Å². The van der Waals surface area contributed by atoms with Gasteiger partial charge in [-0.05, 0) is 25.1 Å². The summed E-state index contributed by atoms with van der Waals surface area (Å²) < 4.78 is 48.0. The third-order valence-corrected chi connectivity index (χ3v) is 4.92. The molecule has 10 heteroatoms. The molecule has 1 N–H and O–H groups in total. The van der Waals surface area contributed by atoms with Crippen LogP contribution in [0.15, 0.2) is 41.2 Å². The number of hydrogen-bond donors (Lipinski definition) is 1. The molecule has 0 radical (unpaired) electrons. The number of carbonyl (C=O) groups excluding carboxylic acids is 1. The minimum Gasteiger partial charge on any atom is -0.423 e. The van der Waals surface area contributed by atoms with E-state index in [1.807, 2.05) is 0 Å². The number of aliphatic hydroxyl groups is 1. The number of nitrogens with zero attached hydrogens (tertiary/aromatic N) is 3. The van der Waals surface area contributed by atoms with Crippen LogP contribution in [0, 0.1) is 5.82 Å². The molecular formula is C20H16F3N3O4. The average Bonchev–Trinajstić information content (AvgIpc) is 2.68. The van der Waals surface area contributed by atoms with Crippen LogP contribution in [-0.4, -0.2) is 26.7 Å². The lowest BCUT2D eigenvalue weighted by Gasteiger charge is -2.34. The fourth-order valence-electron chi connectivity index (χ4n) is 3.36. The molecule has 2 heterocycles. The van der Waals surface area contributed by atoms with Gasteiger partial charge in [0, 0.05) is 18.7 Å². The molecule has 7 nitrogen and oxygen atoms in total. The van der Waals surface area contributed by atoms with Crippen molar-refractivity contribution in [3.63, 3.8) is 0 Å². The van der Waals surface area contributed by atoms with Gasteiger partial charge in [0.15, 0.2) is 5.75 Å². The van der Waals surface area contributed by atoms with Crippen LogP contribution in [-0.2, 0) is 18.4 Å². The average molecular weight is 419 g/mol. The van der Waals surface area contributed by atoms with Crippen LogP contribution in [0.3, 0.4) is 0 Å². The molecule has 1 aliphatic rings. The standard InChI is InChI=1S/C20H16F3N3O4/c1-10(27)12-4-3-5-15-17(12)30-20(22,23)19(29)26(15)9-16-24-14-8-11(21)6-7-13(14)18(28)25(16)2/h3-8,10,27H,9H2,1-2H3/t10-/m0/s1. The van der Waals surface area contributed by atoms with Crippen LogP contribution >= 0.6 is 0 Å². The molecule has 0 aliphatic carbocycles. The Balaban J connectivity index is 1.88. The predicted octanol–water partition coefficient (Wildman–Crippen LogP) is 2.64. The molecule has 0 fully saturated rings. The highest BCUT2D eigenvalue weighted by atomic mass is 19.3.